The standard InChI is InChI=1S/C15H23NO3/c1-10(2)17-14-13(19-15(3,4)5)12(8-9-16-14)18-11-6-7-11/h8-11H,6-7H2,1-5H3. The van der Waals surface area contributed by atoms with Crippen LogP contribution in [0.4, 0.5) is 0 Å². The van der Waals surface area contributed by atoms with Crippen molar-refractivity contribution in [3.8, 4) is 17.4 Å². The zero-order valence-electron chi connectivity index (χ0n) is 12.4. The zero-order valence-corrected chi connectivity index (χ0v) is 12.4. The Morgan fingerprint density at radius 2 is 1.95 bits per heavy atom. The lowest BCUT2D eigenvalue weighted by Gasteiger charge is -2.25. The molecule has 1 aliphatic carbocycles. The van der Waals surface area contributed by atoms with Crippen LogP contribution in [-0.4, -0.2) is 22.8 Å². The predicted molar refractivity (Wildman–Crippen MR) is 74.0 cm³/mol. The lowest BCUT2D eigenvalue weighted by atomic mass is 10.2. The van der Waals surface area contributed by atoms with Crippen molar-refractivity contribution < 1.29 is 14.2 Å². The second kappa shape index (κ2) is 5.27. The Bertz CT molecular complexity index is 411. The smallest absolute Gasteiger partial charge is 0.261 e. The van der Waals surface area contributed by atoms with E-state index in [4.69, 9.17) is 14.2 Å². The number of nitrogens with zero attached hydrogens (tertiary/aromatic N) is 1. The molecule has 0 atom stereocenters. The first-order chi connectivity index (χ1) is 8.85. The first-order valence-electron chi connectivity index (χ1n) is 6.86. The number of hydrogen-bond donors (Lipinski definition) is 0. The van der Waals surface area contributed by atoms with Gasteiger partial charge in [0.15, 0.2) is 5.75 Å². The number of rotatable bonds is 5. The monoisotopic (exact) mass is 265 g/mol. The summed E-state index contributed by atoms with van der Waals surface area (Å²) in [7, 11) is 0. The molecule has 0 bridgehead atoms. The molecule has 4 heteroatoms. The van der Waals surface area contributed by atoms with E-state index in [0.29, 0.717) is 17.7 Å². The van der Waals surface area contributed by atoms with Gasteiger partial charge < -0.3 is 14.2 Å². The molecular weight excluding hydrogens is 242 g/mol. The molecule has 0 unspecified atom stereocenters. The first kappa shape index (κ1) is 14.0. The Balaban J connectivity index is 2.29. The van der Waals surface area contributed by atoms with Crippen molar-refractivity contribution in [3.05, 3.63) is 12.3 Å². The number of ether oxygens (including phenoxy) is 3. The van der Waals surface area contributed by atoms with Crippen molar-refractivity contribution in [2.45, 2.75) is 65.3 Å². The van der Waals surface area contributed by atoms with E-state index in [1.54, 1.807) is 6.20 Å². The summed E-state index contributed by atoms with van der Waals surface area (Å²) in [6.45, 7) is 9.94. The highest BCUT2D eigenvalue weighted by atomic mass is 16.6. The van der Waals surface area contributed by atoms with Gasteiger partial charge in [-0.25, -0.2) is 4.98 Å². The normalized spacial score (nSPS) is 15.5. The fraction of sp³-hybridized carbons (Fsp3) is 0.667. The summed E-state index contributed by atoms with van der Waals surface area (Å²) in [6, 6.07) is 1.84. The minimum absolute atomic E-state index is 0.0472. The van der Waals surface area contributed by atoms with Crippen LogP contribution in [0, 0.1) is 0 Å². The Labute approximate surface area is 115 Å². The van der Waals surface area contributed by atoms with Crippen LogP contribution in [0.3, 0.4) is 0 Å². The van der Waals surface area contributed by atoms with Crippen LogP contribution < -0.4 is 14.2 Å². The molecule has 1 heterocycles. The zero-order chi connectivity index (χ0) is 14.0. The van der Waals surface area contributed by atoms with Crippen LogP contribution in [0.1, 0.15) is 47.5 Å². The largest absolute Gasteiger partial charge is 0.486 e. The third-order valence-electron chi connectivity index (χ3n) is 2.41. The highest BCUT2D eigenvalue weighted by Crippen LogP contribution is 2.40. The van der Waals surface area contributed by atoms with Crippen LogP contribution in [0.2, 0.25) is 0 Å². The average molecular weight is 265 g/mol. The van der Waals surface area contributed by atoms with Crippen molar-refractivity contribution in [2.75, 3.05) is 0 Å². The summed E-state index contributed by atoms with van der Waals surface area (Å²) in [4.78, 5) is 4.26. The van der Waals surface area contributed by atoms with E-state index >= 15 is 0 Å². The predicted octanol–water partition coefficient (Wildman–Crippen LogP) is 3.59. The number of pyridine rings is 1. The summed E-state index contributed by atoms with van der Waals surface area (Å²) in [5.41, 5.74) is -0.320. The molecule has 0 aliphatic heterocycles. The Kier molecular flexibility index (Phi) is 3.88. The Morgan fingerprint density at radius 1 is 1.26 bits per heavy atom. The molecule has 106 valence electrons. The van der Waals surface area contributed by atoms with E-state index in [-0.39, 0.29) is 11.7 Å². The second-order valence-corrected chi connectivity index (χ2v) is 6.14. The molecule has 0 spiro atoms. The lowest BCUT2D eigenvalue weighted by Crippen LogP contribution is -2.24. The topological polar surface area (TPSA) is 40.6 Å². The molecule has 0 aromatic carbocycles. The summed E-state index contributed by atoms with van der Waals surface area (Å²) in [5, 5.41) is 0. The van der Waals surface area contributed by atoms with Crippen molar-refractivity contribution in [1.82, 2.24) is 4.98 Å². The lowest BCUT2D eigenvalue weighted by molar-refractivity contribution is 0.109. The molecule has 0 radical (unpaired) electrons. The van der Waals surface area contributed by atoms with Crippen LogP contribution in [0.15, 0.2) is 12.3 Å². The van der Waals surface area contributed by atoms with Gasteiger partial charge in [0.25, 0.3) is 5.88 Å². The van der Waals surface area contributed by atoms with Gasteiger partial charge in [-0.05, 0) is 47.5 Å². The van der Waals surface area contributed by atoms with Crippen molar-refractivity contribution >= 4 is 0 Å². The van der Waals surface area contributed by atoms with Gasteiger partial charge in [0.05, 0.1) is 12.2 Å². The van der Waals surface area contributed by atoms with Gasteiger partial charge in [0.2, 0.25) is 5.75 Å². The van der Waals surface area contributed by atoms with Crippen molar-refractivity contribution in [3.63, 3.8) is 0 Å². The second-order valence-electron chi connectivity index (χ2n) is 6.14. The molecule has 0 N–H and O–H groups in total. The Hall–Kier alpha value is -1.45. The number of hydrogen-bond acceptors (Lipinski definition) is 4. The maximum Gasteiger partial charge on any atom is 0.261 e. The van der Waals surface area contributed by atoms with Crippen LogP contribution in [-0.2, 0) is 0 Å². The van der Waals surface area contributed by atoms with Gasteiger partial charge in [-0.15, -0.1) is 0 Å². The van der Waals surface area contributed by atoms with E-state index in [2.05, 4.69) is 4.98 Å². The molecular formula is C15H23NO3. The summed E-state index contributed by atoms with van der Waals surface area (Å²) in [5.74, 6) is 1.83. The molecule has 0 amide bonds. The van der Waals surface area contributed by atoms with Crippen LogP contribution in [0.5, 0.6) is 17.4 Å². The van der Waals surface area contributed by atoms with E-state index in [9.17, 15) is 0 Å². The van der Waals surface area contributed by atoms with E-state index in [1.807, 2.05) is 40.7 Å². The fourth-order valence-corrected chi connectivity index (χ4v) is 1.58. The molecule has 1 fully saturated rings. The van der Waals surface area contributed by atoms with Gasteiger partial charge in [-0.2, -0.15) is 0 Å². The van der Waals surface area contributed by atoms with Crippen LogP contribution >= 0.6 is 0 Å². The van der Waals surface area contributed by atoms with Gasteiger partial charge in [-0.3, -0.25) is 0 Å². The third kappa shape index (κ3) is 4.30. The van der Waals surface area contributed by atoms with Gasteiger partial charge in [0.1, 0.15) is 5.60 Å². The SMILES string of the molecule is CC(C)Oc1nccc(OC2CC2)c1OC(C)(C)C. The Morgan fingerprint density at radius 3 is 2.47 bits per heavy atom. The van der Waals surface area contributed by atoms with Crippen LogP contribution in [0.25, 0.3) is 0 Å². The molecule has 4 nitrogen and oxygen atoms in total. The average Bonchev–Trinajstić information content (AvgIpc) is 3.04. The number of aromatic nitrogens is 1. The highest BCUT2D eigenvalue weighted by molar-refractivity contribution is 5.47. The molecule has 1 aromatic heterocycles. The van der Waals surface area contributed by atoms with Crippen molar-refractivity contribution in [2.24, 2.45) is 0 Å². The maximum atomic E-state index is 5.98. The van der Waals surface area contributed by atoms with Gasteiger partial charge in [-0.1, -0.05) is 0 Å². The molecule has 19 heavy (non-hydrogen) atoms. The van der Waals surface area contributed by atoms with E-state index < -0.39 is 0 Å². The quantitative estimate of drug-likeness (QED) is 0.815. The van der Waals surface area contributed by atoms with Gasteiger partial charge >= 0.3 is 0 Å². The minimum Gasteiger partial charge on any atom is -0.486 e. The molecule has 1 aromatic rings. The minimum atomic E-state index is -0.320. The molecule has 1 saturated carbocycles. The van der Waals surface area contributed by atoms with Crippen molar-refractivity contribution in [1.29, 1.82) is 0 Å². The first-order valence-corrected chi connectivity index (χ1v) is 6.86. The summed E-state index contributed by atoms with van der Waals surface area (Å²) < 4.78 is 17.6. The summed E-state index contributed by atoms with van der Waals surface area (Å²) >= 11 is 0. The van der Waals surface area contributed by atoms with E-state index in [0.717, 1.165) is 18.6 Å². The molecule has 1 aliphatic rings. The van der Waals surface area contributed by atoms with Gasteiger partial charge in [0, 0.05) is 12.3 Å². The highest BCUT2D eigenvalue weighted by Gasteiger charge is 2.28. The summed E-state index contributed by atoms with van der Waals surface area (Å²) in [6.07, 6.45) is 4.28. The maximum absolute atomic E-state index is 5.98. The molecule has 0 saturated heterocycles. The van der Waals surface area contributed by atoms with E-state index in [1.165, 1.54) is 0 Å². The fourth-order valence-electron chi connectivity index (χ4n) is 1.58. The third-order valence-corrected chi connectivity index (χ3v) is 2.41. The molecule has 2 rings (SSSR count).